The van der Waals surface area contributed by atoms with Gasteiger partial charge in [-0.3, -0.25) is 4.79 Å². The molecule has 0 heterocycles. The average Bonchev–Trinajstić information content (AvgIpc) is 2.35. The summed E-state index contributed by atoms with van der Waals surface area (Å²) in [7, 11) is 0. The van der Waals surface area contributed by atoms with Crippen LogP contribution in [0.4, 0.5) is 5.69 Å². The number of halogens is 1. The lowest BCUT2D eigenvalue weighted by Crippen LogP contribution is -2.17. The molecule has 2 N–H and O–H groups in total. The Kier molecular flexibility index (Phi) is 5.66. The monoisotopic (exact) mass is 310 g/mol. The van der Waals surface area contributed by atoms with Crippen molar-refractivity contribution in [3.63, 3.8) is 0 Å². The Morgan fingerprint density at radius 2 is 2.33 bits per heavy atom. The minimum atomic E-state index is -0.775. The molecular weight excluding hydrogens is 296 g/mol. The molecule has 4 nitrogen and oxygen atoms in total. The third-order valence-corrected chi connectivity index (χ3v) is 3.38. The van der Waals surface area contributed by atoms with E-state index in [9.17, 15) is 4.79 Å². The fourth-order valence-corrected chi connectivity index (χ4v) is 2.11. The number of nitriles is 1. The molecule has 18 heavy (non-hydrogen) atoms. The summed E-state index contributed by atoms with van der Waals surface area (Å²) in [6, 6.07) is 7.34. The van der Waals surface area contributed by atoms with Crippen molar-refractivity contribution in [2.24, 2.45) is 5.92 Å². The van der Waals surface area contributed by atoms with Crippen molar-refractivity contribution < 1.29 is 9.90 Å². The van der Waals surface area contributed by atoms with Crippen molar-refractivity contribution in [2.45, 2.75) is 19.8 Å². The zero-order chi connectivity index (χ0) is 13.5. The van der Waals surface area contributed by atoms with Crippen LogP contribution >= 0.6 is 15.9 Å². The van der Waals surface area contributed by atoms with Crippen molar-refractivity contribution in [3.8, 4) is 6.07 Å². The number of carboxylic acids is 1. The molecule has 1 aromatic carbocycles. The standard InChI is InChI=1S/C13H15BrN2O2/c1-2-9(6-13(17)18)8-16-12-4-3-10(7-15)5-11(12)14/h3-5,9,16H,2,6,8H2,1H3,(H,17,18). The zero-order valence-electron chi connectivity index (χ0n) is 10.1. The summed E-state index contributed by atoms with van der Waals surface area (Å²) in [5.41, 5.74) is 1.46. The normalized spacial score (nSPS) is 11.6. The van der Waals surface area contributed by atoms with Gasteiger partial charge in [-0.2, -0.15) is 5.26 Å². The molecule has 0 amide bonds. The molecule has 0 aliphatic rings. The maximum absolute atomic E-state index is 10.7. The summed E-state index contributed by atoms with van der Waals surface area (Å²) < 4.78 is 0.812. The Morgan fingerprint density at radius 3 is 2.83 bits per heavy atom. The first-order chi connectivity index (χ1) is 8.56. The highest BCUT2D eigenvalue weighted by atomic mass is 79.9. The van der Waals surface area contributed by atoms with E-state index in [1.807, 2.05) is 13.0 Å². The van der Waals surface area contributed by atoms with Gasteiger partial charge < -0.3 is 10.4 Å². The van der Waals surface area contributed by atoms with Crippen LogP contribution in [0.2, 0.25) is 0 Å². The Balaban J connectivity index is 2.62. The van der Waals surface area contributed by atoms with E-state index < -0.39 is 5.97 Å². The van der Waals surface area contributed by atoms with E-state index in [0.717, 1.165) is 16.6 Å². The first kappa shape index (κ1) is 14.5. The molecule has 0 aromatic heterocycles. The van der Waals surface area contributed by atoms with Gasteiger partial charge in [-0.05, 0) is 40.0 Å². The van der Waals surface area contributed by atoms with Gasteiger partial charge in [-0.1, -0.05) is 13.3 Å². The van der Waals surface area contributed by atoms with Crippen LogP contribution < -0.4 is 5.32 Å². The van der Waals surface area contributed by atoms with Gasteiger partial charge in [0, 0.05) is 23.1 Å². The molecule has 0 saturated heterocycles. The van der Waals surface area contributed by atoms with Crippen LogP contribution in [0, 0.1) is 17.2 Å². The summed E-state index contributed by atoms with van der Waals surface area (Å²) in [5, 5.41) is 20.7. The number of anilines is 1. The quantitative estimate of drug-likeness (QED) is 0.846. The maximum atomic E-state index is 10.7. The molecule has 0 spiro atoms. The molecule has 1 atom stereocenters. The van der Waals surface area contributed by atoms with Crippen molar-refractivity contribution >= 4 is 27.6 Å². The molecule has 0 fully saturated rings. The number of hydrogen-bond donors (Lipinski definition) is 2. The number of carboxylic acid groups (broad SMARTS) is 1. The van der Waals surface area contributed by atoms with Gasteiger partial charge in [0.15, 0.2) is 0 Å². The fraction of sp³-hybridized carbons (Fsp3) is 0.385. The van der Waals surface area contributed by atoms with Crippen LogP contribution in [0.5, 0.6) is 0 Å². The van der Waals surface area contributed by atoms with Gasteiger partial charge in [0.1, 0.15) is 0 Å². The number of benzene rings is 1. The van der Waals surface area contributed by atoms with Crippen molar-refractivity contribution in [1.82, 2.24) is 0 Å². The fourth-order valence-electron chi connectivity index (χ4n) is 1.59. The summed E-state index contributed by atoms with van der Waals surface area (Å²) >= 11 is 3.38. The molecule has 0 radical (unpaired) electrons. The van der Waals surface area contributed by atoms with Gasteiger partial charge in [0.05, 0.1) is 11.6 Å². The second kappa shape index (κ2) is 7.02. The van der Waals surface area contributed by atoms with E-state index in [1.54, 1.807) is 12.1 Å². The van der Waals surface area contributed by atoms with Gasteiger partial charge >= 0.3 is 5.97 Å². The number of aliphatic carboxylic acids is 1. The highest BCUT2D eigenvalue weighted by Gasteiger charge is 2.11. The Labute approximate surface area is 115 Å². The first-order valence-corrected chi connectivity index (χ1v) is 6.51. The third kappa shape index (κ3) is 4.38. The minimum Gasteiger partial charge on any atom is -0.481 e. The largest absolute Gasteiger partial charge is 0.481 e. The molecule has 1 aromatic rings. The SMILES string of the molecule is CCC(CNc1ccc(C#N)cc1Br)CC(=O)O. The molecule has 0 bridgehead atoms. The lowest BCUT2D eigenvalue weighted by atomic mass is 10.0. The van der Waals surface area contributed by atoms with Gasteiger partial charge in [0.2, 0.25) is 0 Å². The van der Waals surface area contributed by atoms with Crippen molar-refractivity contribution in [2.75, 3.05) is 11.9 Å². The number of carbonyl (C=O) groups is 1. The molecule has 0 aliphatic carbocycles. The van der Waals surface area contributed by atoms with Gasteiger partial charge in [-0.15, -0.1) is 0 Å². The molecule has 96 valence electrons. The van der Waals surface area contributed by atoms with Gasteiger partial charge in [0.25, 0.3) is 0 Å². The maximum Gasteiger partial charge on any atom is 0.303 e. The zero-order valence-corrected chi connectivity index (χ0v) is 11.7. The minimum absolute atomic E-state index is 0.102. The number of rotatable bonds is 6. The summed E-state index contributed by atoms with van der Waals surface area (Å²) in [4.78, 5) is 10.7. The van der Waals surface area contributed by atoms with E-state index in [2.05, 4.69) is 27.3 Å². The number of nitrogens with one attached hydrogen (secondary N) is 1. The van der Waals surface area contributed by atoms with E-state index in [1.165, 1.54) is 0 Å². The van der Waals surface area contributed by atoms with E-state index in [0.29, 0.717) is 12.1 Å². The molecule has 1 unspecified atom stereocenters. The lowest BCUT2D eigenvalue weighted by molar-refractivity contribution is -0.138. The average molecular weight is 311 g/mol. The summed E-state index contributed by atoms with van der Waals surface area (Å²) in [5.74, 6) is -0.674. The van der Waals surface area contributed by atoms with Crippen LogP contribution in [0.25, 0.3) is 0 Å². The highest BCUT2D eigenvalue weighted by molar-refractivity contribution is 9.10. The molecule has 0 saturated carbocycles. The second-order valence-electron chi connectivity index (χ2n) is 4.06. The Morgan fingerprint density at radius 1 is 1.61 bits per heavy atom. The Hall–Kier alpha value is -1.54. The molecule has 1 rings (SSSR count). The highest BCUT2D eigenvalue weighted by Crippen LogP contribution is 2.24. The van der Waals surface area contributed by atoms with Crippen LogP contribution in [0.1, 0.15) is 25.3 Å². The topological polar surface area (TPSA) is 73.1 Å². The Bertz CT molecular complexity index is 469. The molecule has 5 heteroatoms. The van der Waals surface area contributed by atoms with Crippen LogP contribution in [0.15, 0.2) is 22.7 Å². The second-order valence-corrected chi connectivity index (χ2v) is 4.91. The van der Waals surface area contributed by atoms with Gasteiger partial charge in [-0.25, -0.2) is 0 Å². The predicted molar refractivity (Wildman–Crippen MR) is 73.4 cm³/mol. The molecule has 0 aliphatic heterocycles. The predicted octanol–water partition coefficient (Wildman–Crippen LogP) is 3.23. The number of nitrogens with zero attached hydrogens (tertiary/aromatic N) is 1. The van der Waals surface area contributed by atoms with Crippen LogP contribution in [-0.2, 0) is 4.79 Å². The molecular formula is C13H15BrN2O2. The lowest BCUT2D eigenvalue weighted by Gasteiger charge is -2.15. The van der Waals surface area contributed by atoms with E-state index in [-0.39, 0.29) is 12.3 Å². The van der Waals surface area contributed by atoms with Crippen LogP contribution in [0.3, 0.4) is 0 Å². The number of hydrogen-bond acceptors (Lipinski definition) is 3. The van der Waals surface area contributed by atoms with Crippen molar-refractivity contribution in [1.29, 1.82) is 5.26 Å². The third-order valence-electron chi connectivity index (χ3n) is 2.72. The van der Waals surface area contributed by atoms with Crippen LogP contribution in [-0.4, -0.2) is 17.6 Å². The smallest absolute Gasteiger partial charge is 0.303 e. The summed E-state index contributed by atoms with van der Waals surface area (Å²) in [6.07, 6.45) is 0.977. The van der Waals surface area contributed by atoms with E-state index >= 15 is 0 Å². The first-order valence-electron chi connectivity index (χ1n) is 5.72. The van der Waals surface area contributed by atoms with Crippen molar-refractivity contribution in [3.05, 3.63) is 28.2 Å². The summed E-state index contributed by atoms with van der Waals surface area (Å²) in [6.45, 7) is 2.58. The van der Waals surface area contributed by atoms with E-state index in [4.69, 9.17) is 10.4 Å².